The van der Waals surface area contributed by atoms with Crippen LogP contribution >= 0.6 is 0 Å². The van der Waals surface area contributed by atoms with Crippen LogP contribution in [0.15, 0.2) is 53.5 Å². The van der Waals surface area contributed by atoms with Crippen LogP contribution in [-0.4, -0.2) is 12.5 Å². The Morgan fingerprint density at radius 1 is 1.11 bits per heavy atom. The Balaban J connectivity index is 1.89. The number of para-hydroxylation sites is 1. The summed E-state index contributed by atoms with van der Waals surface area (Å²) < 4.78 is 0. The molecule has 1 aliphatic heterocycles. The molecule has 2 N–H and O–H groups in total. The summed E-state index contributed by atoms with van der Waals surface area (Å²) in [6.45, 7) is 2.97. The lowest BCUT2D eigenvalue weighted by atomic mass is 10.2. The fourth-order valence-corrected chi connectivity index (χ4v) is 2.39. The maximum Gasteiger partial charge on any atom is 0.201 e. The van der Waals surface area contributed by atoms with Crippen LogP contribution in [0.5, 0.6) is 0 Å². The molecular weight excluding hydrogens is 234 g/mol. The second kappa shape index (κ2) is 4.76. The molecule has 0 amide bonds. The molecule has 3 rings (SSSR count). The minimum Gasteiger partial charge on any atom is -0.369 e. The molecule has 3 heteroatoms. The van der Waals surface area contributed by atoms with E-state index in [1.807, 2.05) is 30.3 Å². The van der Waals surface area contributed by atoms with E-state index >= 15 is 0 Å². The van der Waals surface area contributed by atoms with Gasteiger partial charge in [0.2, 0.25) is 5.96 Å². The van der Waals surface area contributed by atoms with Gasteiger partial charge in [-0.1, -0.05) is 35.9 Å². The number of aryl methyl sites for hydroxylation is 1. The first-order valence-electron chi connectivity index (χ1n) is 6.50. The molecular formula is C16H17N3. The largest absolute Gasteiger partial charge is 0.369 e. The Labute approximate surface area is 113 Å². The zero-order valence-corrected chi connectivity index (χ0v) is 11.0. The molecule has 1 aliphatic rings. The first kappa shape index (κ1) is 11.8. The summed E-state index contributed by atoms with van der Waals surface area (Å²) >= 11 is 0. The van der Waals surface area contributed by atoms with E-state index in [1.165, 1.54) is 16.8 Å². The number of guanidine groups is 1. The maximum absolute atomic E-state index is 6.14. The molecule has 0 aliphatic carbocycles. The van der Waals surface area contributed by atoms with E-state index in [1.54, 1.807) is 0 Å². The van der Waals surface area contributed by atoms with Gasteiger partial charge in [0.05, 0.1) is 5.69 Å². The lowest BCUT2D eigenvalue weighted by Crippen LogP contribution is -2.35. The summed E-state index contributed by atoms with van der Waals surface area (Å²) in [5.74, 6) is 0.564. The van der Waals surface area contributed by atoms with Crippen molar-refractivity contribution in [3.8, 4) is 0 Å². The molecule has 0 saturated heterocycles. The number of hydrogen-bond acceptors (Lipinski definition) is 1. The third-order valence-electron chi connectivity index (χ3n) is 3.44. The molecule has 2 aromatic rings. The van der Waals surface area contributed by atoms with E-state index < -0.39 is 0 Å². The van der Waals surface area contributed by atoms with Crippen LogP contribution in [0, 0.1) is 6.92 Å². The summed E-state index contributed by atoms with van der Waals surface area (Å²) in [7, 11) is 0. The van der Waals surface area contributed by atoms with Crippen LogP contribution in [-0.2, 0) is 6.42 Å². The van der Waals surface area contributed by atoms with E-state index in [2.05, 4.69) is 35.0 Å². The molecule has 1 heterocycles. The second-order valence-corrected chi connectivity index (χ2v) is 4.84. The number of anilines is 1. The lowest BCUT2D eigenvalue weighted by molar-refractivity contribution is 1.01. The normalized spacial score (nSPS) is 14.6. The van der Waals surface area contributed by atoms with Crippen LogP contribution in [0.4, 0.5) is 11.4 Å². The van der Waals surface area contributed by atoms with Gasteiger partial charge in [-0.2, -0.15) is 0 Å². The Morgan fingerprint density at radius 3 is 2.63 bits per heavy atom. The topological polar surface area (TPSA) is 41.6 Å². The molecule has 0 radical (unpaired) electrons. The summed E-state index contributed by atoms with van der Waals surface area (Å²) in [4.78, 5) is 6.58. The monoisotopic (exact) mass is 251 g/mol. The van der Waals surface area contributed by atoms with Crippen LogP contribution in [0.1, 0.15) is 11.1 Å². The number of aliphatic imine (C=N–C) groups is 1. The quantitative estimate of drug-likeness (QED) is 0.625. The van der Waals surface area contributed by atoms with Gasteiger partial charge in [-0.15, -0.1) is 0 Å². The molecule has 2 aromatic carbocycles. The van der Waals surface area contributed by atoms with Crippen molar-refractivity contribution in [1.82, 2.24) is 0 Å². The van der Waals surface area contributed by atoms with Crippen LogP contribution in [0.2, 0.25) is 0 Å². The molecule has 96 valence electrons. The van der Waals surface area contributed by atoms with Gasteiger partial charge in [-0.05, 0) is 37.1 Å². The molecule has 0 atom stereocenters. The van der Waals surface area contributed by atoms with E-state index in [-0.39, 0.29) is 0 Å². The summed E-state index contributed by atoms with van der Waals surface area (Å²) in [6, 6.07) is 16.4. The molecule has 0 aromatic heterocycles. The van der Waals surface area contributed by atoms with Crippen LogP contribution < -0.4 is 10.6 Å². The van der Waals surface area contributed by atoms with E-state index in [0.29, 0.717) is 5.96 Å². The van der Waals surface area contributed by atoms with Gasteiger partial charge < -0.3 is 10.6 Å². The summed E-state index contributed by atoms with van der Waals surface area (Å²) in [5, 5.41) is 0. The molecule has 0 fully saturated rings. The highest BCUT2D eigenvalue weighted by Crippen LogP contribution is 2.27. The molecule has 0 unspecified atom stereocenters. The van der Waals surface area contributed by atoms with Gasteiger partial charge in [0.15, 0.2) is 0 Å². The predicted octanol–water partition coefficient (Wildman–Crippen LogP) is 3.00. The van der Waals surface area contributed by atoms with Gasteiger partial charge in [0.25, 0.3) is 0 Å². The first-order valence-corrected chi connectivity index (χ1v) is 6.50. The number of fused-ring (bicyclic) bond motifs is 1. The summed E-state index contributed by atoms with van der Waals surface area (Å²) in [6.07, 6.45) is 1.03. The van der Waals surface area contributed by atoms with Gasteiger partial charge in [-0.25, -0.2) is 4.99 Å². The zero-order valence-electron chi connectivity index (χ0n) is 11.0. The Bertz CT molecular complexity index is 614. The summed E-state index contributed by atoms with van der Waals surface area (Å²) in [5.41, 5.74) is 10.8. The van der Waals surface area contributed by atoms with Crippen molar-refractivity contribution in [2.75, 3.05) is 11.4 Å². The number of benzene rings is 2. The molecule has 19 heavy (non-hydrogen) atoms. The fourth-order valence-electron chi connectivity index (χ4n) is 2.39. The molecule has 0 saturated carbocycles. The van der Waals surface area contributed by atoms with Crippen molar-refractivity contribution >= 4 is 17.3 Å². The first-order chi connectivity index (χ1) is 9.24. The second-order valence-electron chi connectivity index (χ2n) is 4.84. The highest BCUT2D eigenvalue weighted by Gasteiger charge is 2.20. The average molecular weight is 251 g/mol. The third kappa shape index (κ3) is 2.32. The Kier molecular flexibility index (Phi) is 2.95. The Hall–Kier alpha value is -2.29. The van der Waals surface area contributed by atoms with Crippen LogP contribution in [0.3, 0.4) is 0 Å². The SMILES string of the molecule is Cc1ccc(N=C(N)N2CCc3ccccc32)cc1. The molecule has 0 spiro atoms. The smallest absolute Gasteiger partial charge is 0.201 e. The highest BCUT2D eigenvalue weighted by molar-refractivity contribution is 5.98. The van der Waals surface area contributed by atoms with Gasteiger partial charge in [0, 0.05) is 12.2 Å². The average Bonchev–Trinajstić information content (AvgIpc) is 2.85. The van der Waals surface area contributed by atoms with Crippen molar-refractivity contribution in [3.05, 3.63) is 59.7 Å². The van der Waals surface area contributed by atoms with Gasteiger partial charge in [0.1, 0.15) is 0 Å². The highest BCUT2D eigenvalue weighted by atomic mass is 15.3. The van der Waals surface area contributed by atoms with E-state index in [0.717, 1.165) is 18.7 Å². The zero-order chi connectivity index (χ0) is 13.2. The van der Waals surface area contributed by atoms with Crippen molar-refractivity contribution < 1.29 is 0 Å². The molecule has 3 nitrogen and oxygen atoms in total. The van der Waals surface area contributed by atoms with Crippen molar-refractivity contribution in [1.29, 1.82) is 0 Å². The number of nitrogens with two attached hydrogens (primary N) is 1. The van der Waals surface area contributed by atoms with Crippen molar-refractivity contribution in [3.63, 3.8) is 0 Å². The number of rotatable bonds is 1. The fraction of sp³-hybridized carbons (Fsp3) is 0.188. The standard InChI is InChI=1S/C16H17N3/c1-12-6-8-14(9-7-12)18-16(17)19-11-10-13-4-2-3-5-15(13)19/h2-9H,10-11H2,1H3,(H2,17,18). The third-order valence-corrected chi connectivity index (χ3v) is 3.44. The minimum atomic E-state index is 0.564. The lowest BCUT2D eigenvalue weighted by Gasteiger charge is -2.18. The predicted molar refractivity (Wildman–Crippen MR) is 80.0 cm³/mol. The molecule has 0 bridgehead atoms. The Morgan fingerprint density at radius 2 is 1.84 bits per heavy atom. The van der Waals surface area contributed by atoms with Crippen molar-refractivity contribution in [2.45, 2.75) is 13.3 Å². The van der Waals surface area contributed by atoms with Gasteiger partial charge >= 0.3 is 0 Å². The number of hydrogen-bond donors (Lipinski definition) is 1. The van der Waals surface area contributed by atoms with Crippen LogP contribution in [0.25, 0.3) is 0 Å². The van der Waals surface area contributed by atoms with Gasteiger partial charge in [-0.3, -0.25) is 0 Å². The number of nitrogens with zero attached hydrogens (tertiary/aromatic N) is 2. The maximum atomic E-state index is 6.14. The van der Waals surface area contributed by atoms with E-state index in [9.17, 15) is 0 Å². The van der Waals surface area contributed by atoms with E-state index in [4.69, 9.17) is 5.73 Å². The van der Waals surface area contributed by atoms with Crippen molar-refractivity contribution in [2.24, 2.45) is 10.7 Å². The minimum absolute atomic E-state index is 0.564.